The van der Waals surface area contributed by atoms with Crippen molar-refractivity contribution in [1.29, 1.82) is 0 Å². The Labute approximate surface area is 769 Å². The Bertz CT molecular complexity index is 7620. The van der Waals surface area contributed by atoms with Crippen molar-refractivity contribution in [1.82, 2.24) is 13.7 Å². The maximum Gasteiger partial charge on any atom is 0.252 e. The highest BCUT2D eigenvalue weighted by Gasteiger charge is 2.47. The summed E-state index contributed by atoms with van der Waals surface area (Å²) >= 11 is 0. The van der Waals surface area contributed by atoms with E-state index in [-0.39, 0.29) is 28.4 Å². The van der Waals surface area contributed by atoms with Crippen molar-refractivity contribution in [2.24, 2.45) is 0 Å². The predicted molar refractivity (Wildman–Crippen MR) is 560 cm³/mol. The fourth-order valence-corrected chi connectivity index (χ4v) is 21.1. The molecule has 0 bridgehead atoms. The van der Waals surface area contributed by atoms with Gasteiger partial charge in [0, 0.05) is 106 Å². The summed E-state index contributed by atoms with van der Waals surface area (Å²) in [5, 5.41) is 7.36. The molecule has 7 heteroatoms. The SMILES string of the molecule is CC(C)(C)c1cc(-c2ccc3c(c2)N(c2c(-c4ccccc4)cccc2-c2ccccc2)c2cc(N(c4ccc(-n5c6ccccc6c6ccccc65)cc4)c4ccc(-n5c6ccccc6c6ccccc65)cc4)cc4c2B3c2ccc(-n3c5ccc(C(C)(C)C)cc5c5cc(C(C)(C)C)ccc53)cc2N4c2c(-c3ccccc3)cccc2-c2ccccc2)cc(C(C)(C)C)c1. The third kappa shape index (κ3) is 13.5. The van der Waals surface area contributed by atoms with Crippen molar-refractivity contribution in [2.45, 2.75) is 105 Å². The van der Waals surface area contributed by atoms with Crippen LogP contribution in [0.25, 0.3) is 138 Å². The van der Waals surface area contributed by atoms with Gasteiger partial charge in [0.05, 0.1) is 50.2 Å². The van der Waals surface area contributed by atoms with Crippen molar-refractivity contribution in [3.05, 3.63) is 429 Å². The summed E-state index contributed by atoms with van der Waals surface area (Å²) in [4.78, 5) is 8.00. The molecule has 2 aliphatic rings. The second-order valence-electron chi connectivity index (χ2n) is 40.1. The van der Waals surface area contributed by atoms with Crippen molar-refractivity contribution < 1.29 is 0 Å². The fourth-order valence-electron chi connectivity index (χ4n) is 21.1. The quantitative estimate of drug-likeness (QED) is 0.108. The molecule has 0 aliphatic carbocycles. The zero-order valence-electron chi connectivity index (χ0n) is 76.4. The lowest BCUT2D eigenvalue weighted by Gasteiger charge is -2.46. The number of aromatic nitrogens is 3. The van der Waals surface area contributed by atoms with Crippen molar-refractivity contribution in [2.75, 3.05) is 14.7 Å². The average Bonchev–Trinajstić information content (AvgIpc) is 1.28. The lowest BCUT2D eigenvalue weighted by molar-refractivity contribution is 0.569. The molecule has 0 N–H and O–H groups in total. The minimum atomic E-state index is -0.347. The highest BCUT2D eigenvalue weighted by Crippen LogP contribution is 2.56. The largest absolute Gasteiger partial charge is 0.310 e. The van der Waals surface area contributed by atoms with Crippen molar-refractivity contribution in [3.63, 3.8) is 0 Å². The predicted octanol–water partition coefficient (Wildman–Crippen LogP) is 32.1. The number of anilines is 9. The van der Waals surface area contributed by atoms with Crippen LogP contribution in [0.2, 0.25) is 0 Å². The van der Waals surface area contributed by atoms with Crippen LogP contribution in [0.4, 0.5) is 51.2 Å². The molecule has 0 amide bonds. The van der Waals surface area contributed by atoms with Gasteiger partial charge in [0.2, 0.25) is 0 Å². The third-order valence-electron chi connectivity index (χ3n) is 27.8. The number of benzene rings is 18. The number of para-hydroxylation sites is 6. The van der Waals surface area contributed by atoms with E-state index in [9.17, 15) is 0 Å². The summed E-state index contributed by atoms with van der Waals surface area (Å²) in [6.07, 6.45) is 0. The average molecular weight is 1690 g/mol. The van der Waals surface area contributed by atoms with E-state index < -0.39 is 0 Å². The molecule has 0 spiro atoms. The molecule has 131 heavy (non-hydrogen) atoms. The number of hydrogen-bond acceptors (Lipinski definition) is 3. The van der Waals surface area contributed by atoms with Crippen LogP contribution in [0.1, 0.15) is 105 Å². The van der Waals surface area contributed by atoms with E-state index >= 15 is 0 Å². The first-order valence-corrected chi connectivity index (χ1v) is 46.3. The van der Waals surface area contributed by atoms with E-state index in [0.717, 1.165) is 151 Å². The zero-order chi connectivity index (χ0) is 89.1. The molecule has 5 heterocycles. The Hall–Kier alpha value is -15.2. The Balaban J connectivity index is 0.887. The van der Waals surface area contributed by atoms with Crippen LogP contribution in [0, 0.1) is 0 Å². The van der Waals surface area contributed by atoms with Gasteiger partial charge in [0.15, 0.2) is 0 Å². The molecule has 23 rings (SSSR count). The van der Waals surface area contributed by atoms with E-state index in [0.29, 0.717) is 0 Å². The summed E-state index contributed by atoms with van der Waals surface area (Å²) in [5.41, 5.74) is 39.1. The van der Waals surface area contributed by atoms with E-state index in [1.54, 1.807) is 0 Å². The molecule has 21 aromatic rings. The summed E-state index contributed by atoms with van der Waals surface area (Å²) in [6.45, 7) is 27.8. The Kier molecular flexibility index (Phi) is 18.9. The molecule has 632 valence electrons. The van der Waals surface area contributed by atoms with Crippen LogP contribution in [-0.4, -0.2) is 20.4 Å². The molecule has 0 saturated heterocycles. The maximum atomic E-state index is 2.73. The topological polar surface area (TPSA) is 24.5 Å². The number of fused-ring (bicyclic) bond motifs is 13. The van der Waals surface area contributed by atoms with E-state index in [1.165, 1.54) is 76.5 Å². The van der Waals surface area contributed by atoms with Crippen molar-refractivity contribution >= 4 is 140 Å². The highest BCUT2D eigenvalue weighted by atomic mass is 15.2. The van der Waals surface area contributed by atoms with Crippen molar-refractivity contribution in [3.8, 4) is 72.7 Å². The number of rotatable bonds is 13. The summed E-state index contributed by atoms with van der Waals surface area (Å²) in [7, 11) is 0. The molecule has 18 aromatic carbocycles. The van der Waals surface area contributed by atoms with Gasteiger partial charge in [-0.1, -0.05) is 362 Å². The van der Waals surface area contributed by atoms with Crippen LogP contribution in [-0.2, 0) is 21.7 Å². The van der Waals surface area contributed by atoms with Crippen LogP contribution >= 0.6 is 0 Å². The van der Waals surface area contributed by atoms with Gasteiger partial charge in [0.1, 0.15) is 0 Å². The molecule has 3 aromatic heterocycles. The Morgan fingerprint density at radius 1 is 0.206 bits per heavy atom. The van der Waals surface area contributed by atoms with Gasteiger partial charge in [-0.2, -0.15) is 0 Å². The number of hydrogen-bond donors (Lipinski definition) is 0. The monoisotopic (exact) mass is 1690 g/mol. The van der Waals surface area contributed by atoms with E-state index in [2.05, 4.69) is 518 Å². The van der Waals surface area contributed by atoms with Crippen LogP contribution in [0.3, 0.4) is 0 Å². The van der Waals surface area contributed by atoms with Gasteiger partial charge in [-0.3, -0.25) is 0 Å². The molecule has 0 fully saturated rings. The van der Waals surface area contributed by atoms with Gasteiger partial charge in [0.25, 0.3) is 6.71 Å². The molecule has 0 saturated carbocycles. The van der Waals surface area contributed by atoms with Crippen LogP contribution < -0.4 is 31.1 Å². The minimum Gasteiger partial charge on any atom is -0.310 e. The van der Waals surface area contributed by atoms with Crippen LogP contribution in [0.15, 0.2) is 406 Å². The zero-order valence-corrected chi connectivity index (χ0v) is 76.4. The molecule has 0 atom stereocenters. The molecular weight excluding hydrogens is 1580 g/mol. The van der Waals surface area contributed by atoms with Gasteiger partial charge >= 0.3 is 0 Å². The smallest absolute Gasteiger partial charge is 0.252 e. The third-order valence-corrected chi connectivity index (χ3v) is 27.8. The standard InChI is InChI=1S/C124H103BN6/c1-121(2,3)86-56-69-112-104(75-86)105-76-87(122(4,5)6)57-70-113(105)129(112)94-66-68-107-115(77-94)131(120-98(82-39-21-15-22-40-82)49-34-50-99(120)83-41-23-16-24-42-83)117-79-95(126(90-58-62-92(63-59-90)127-108-51-29-25-43-100(108)101-44-26-30-52-109(101)127)91-60-64-93(65-61-91)128-110-53-31-27-45-102(110)103-46-28-32-54-111(103)128)78-116-118(117)125(107)106-67-55-84(85-71-88(123(7,8)9)74-89(72-85)124(10,11)12)73-114(106)130(116)119-96(80-35-17-13-18-36-80)47-33-48-97(119)81-37-19-14-20-38-81/h13-79H,1-12H3. The molecule has 6 nitrogen and oxygen atoms in total. The first-order valence-electron chi connectivity index (χ1n) is 46.3. The second kappa shape index (κ2) is 30.8. The lowest BCUT2D eigenvalue weighted by Crippen LogP contribution is -2.61. The van der Waals surface area contributed by atoms with E-state index in [4.69, 9.17) is 0 Å². The minimum absolute atomic E-state index is 0.0983. The molecule has 0 unspecified atom stereocenters. The van der Waals surface area contributed by atoms with Gasteiger partial charge < -0.3 is 28.4 Å². The molecule has 0 radical (unpaired) electrons. The summed E-state index contributed by atoms with van der Waals surface area (Å²) in [6, 6.07) is 155. The highest BCUT2D eigenvalue weighted by molar-refractivity contribution is 7.00. The van der Waals surface area contributed by atoms with Gasteiger partial charge in [-0.05, 0) is 221 Å². The Morgan fingerprint density at radius 3 is 0.893 bits per heavy atom. The number of nitrogens with zero attached hydrogens (tertiary/aromatic N) is 6. The first kappa shape index (κ1) is 80.4. The molecular formula is C124H103BN6. The summed E-state index contributed by atoms with van der Waals surface area (Å²) in [5.74, 6) is 0. The van der Waals surface area contributed by atoms with Crippen LogP contribution in [0.5, 0.6) is 0 Å². The fraction of sp³-hybridized carbons (Fsp3) is 0.129. The molecule has 2 aliphatic heterocycles. The second-order valence-corrected chi connectivity index (χ2v) is 40.1. The summed E-state index contributed by atoms with van der Waals surface area (Å²) < 4.78 is 7.45. The first-order chi connectivity index (χ1) is 63.5. The normalized spacial score (nSPS) is 12.8. The van der Waals surface area contributed by atoms with E-state index in [1.807, 2.05) is 0 Å². The Morgan fingerprint density at radius 2 is 0.527 bits per heavy atom. The lowest BCUT2D eigenvalue weighted by atomic mass is 9.33. The maximum absolute atomic E-state index is 2.73. The van der Waals surface area contributed by atoms with Gasteiger partial charge in [-0.15, -0.1) is 0 Å². The van der Waals surface area contributed by atoms with Gasteiger partial charge in [-0.25, -0.2) is 0 Å².